The van der Waals surface area contributed by atoms with Gasteiger partial charge in [0, 0.05) is 17.5 Å². The minimum absolute atomic E-state index is 0.122. The Labute approximate surface area is 136 Å². The van der Waals surface area contributed by atoms with Crippen LogP contribution in [0.1, 0.15) is 79.2 Å². The predicted octanol–water partition coefficient (Wildman–Crippen LogP) is 4.28. The fourth-order valence-electron chi connectivity index (χ4n) is 1.99. The molecule has 0 saturated heterocycles. The quantitative estimate of drug-likeness (QED) is 0.895. The highest BCUT2D eigenvalue weighted by atomic mass is 32.1. The van der Waals surface area contributed by atoms with E-state index in [-0.39, 0.29) is 11.9 Å². The van der Waals surface area contributed by atoms with E-state index in [4.69, 9.17) is 0 Å². The van der Waals surface area contributed by atoms with Crippen molar-refractivity contribution < 1.29 is 4.79 Å². The van der Waals surface area contributed by atoms with Crippen molar-refractivity contribution >= 4 is 17.2 Å². The maximum atomic E-state index is 12.3. The molecule has 1 atom stereocenters. The summed E-state index contributed by atoms with van der Waals surface area (Å²) in [5.41, 5.74) is 2.47. The number of amides is 1. The van der Waals surface area contributed by atoms with Gasteiger partial charge in [-0.15, -0.1) is 11.3 Å². The van der Waals surface area contributed by atoms with Gasteiger partial charge in [0.1, 0.15) is 5.69 Å². The lowest BCUT2D eigenvalue weighted by atomic mass is 10.1. The summed E-state index contributed by atoms with van der Waals surface area (Å²) >= 11 is 1.64. The van der Waals surface area contributed by atoms with Crippen molar-refractivity contribution in [2.24, 2.45) is 0 Å². The Bertz CT molecular complexity index is 632. The summed E-state index contributed by atoms with van der Waals surface area (Å²) in [7, 11) is 0. The van der Waals surface area contributed by atoms with Crippen molar-refractivity contribution in [2.75, 3.05) is 0 Å². The van der Waals surface area contributed by atoms with Gasteiger partial charge < -0.3 is 5.32 Å². The number of rotatable bonds is 5. The maximum absolute atomic E-state index is 12.3. The van der Waals surface area contributed by atoms with E-state index in [2.05, 4.69) is 43.0 Å². The van der Waals surface area contributed by atoms with Crippen LogP contribution in [-0.4, -0.2) is 15.9 Å². The molecule has 0 aliphatic carbocycles. The molecule has 0 spiro atoms. The van der Waals surface area contributed by atoms with E-state index in [1.165, 1.54) is 0 Å². The van der Waals surface area contributed by atoms with Crippen molar-refractivity contribution in [3.63, 3.8) is 0 Å². The number of thiazole rings is 1. The number of hydrogen-bond acceptors (Lipinski definition) is 4. The molecule has 2 aromatic rings. The predicted molar refractivity (Wildman–Crippen MR) is 90.4 cm³/mol. The zero-order chi connectivity index (χ0) is 16.3. The van der Waals surface area contributed by atoms with E-state index in [1.54, 1.807) is 23.6 Å². The molecule has 2 heterocycles. The molecular weight excluding hydrogens is 294 g/mol. The van der Waals surface area contributed by atoms with Crippen LogP contribution in [0.2, 0.25) is 0 Å². The smallest absolute Gasteiger partial charge is 0.270 e. The van der Waals surface area contributed by atoms with Gasteiger partial charge in [-0.2, -0.15) is 0 Å². The van der Waals surface area contributed by atoms with Crippen molar-refractivity contribution in [3.8, 4) is 0 Å². The molecule has 1 unspecified atom stereocenters. The van der Waals surface area contributed by atoms with Gasteiger partial charge in [0.25, 0.3) is 5.91 Å². The molecule has 5 heteroatoms. The normalized spacial score (nSPS) is 12.7. The third-order valence-corrected chi connectivity index (χ3v) is 4.67. The highest BCUT2D eigenvalue weighted by molar-refractivity contribution is 7.09. The molecule has 4 nitrogen and oxygen atoms in total. The molecule has 0 aromatic carbocycles. The lowest BCUT2D eigenvalue weighted by Gasteiger charge is -2.12. The van der Waals surface area contributed by atoms with Crippen LogP contribution in [0.3, 0.4) is 0 Å². The fraction of sp³-hybridized carbons (Fsp3) is 0.471. The van der Waals surface area contributed by atoms with Gasteiger partial charge in [0.05, 0.1) is 16.7 Å². The van der Waals surface area contributed by atoms with E-state index in [1.807, 2.05) is 18.4 Å². The number of carbonyl (C=O) groups is 1. The van der Waals surface area contributed by atoms with Crippen molar-refractivity contribution in [3.05, 3.63) is 45.7 Å². The van der Waals surface area contributed by atoms with Gasteiger partial charge in [-0.1, -0.05) is 33.8 Å². The van der Waals surface area contributed by atoms with Gasteiger partial charge in [0.2, 0.25) is 0 Å². The third-order valence-electron chi connectivity index (χ3n) is 3.51. The average Bonchev–Trinajstić information content (AvgIpc) is 2.97. The lowest BCUT2D eigenvalue weighted by Crippen LogP contribution is -2.27. The van der Waals surface area contributed by atoms with Gasteiger partial charge in [-0.25, -0.2) is 4.98 Å². The first-order valence-corrected chi connectivity index (χ1v) is 8.48. The summed E-state index contributed by atoms with van der Waals surface area (Å²) in [6.45, 7) is 10.4. The number of nitrogens with one attached hydrogen (secondary N) is 1. The van der Waals surface area contributed by atoms with Crippen LogP contribution in [0.4, 0.5) is 0 Å². The van der Waals surface area contributed by atoms with Crippen LogP contribution >= 0.6 is 11.3 Å². The number of nitrogens with zero attached hydrogens (tertiary/aromatic N) is 2. The topological polar surface area (TPSA) is 54.9 Å². The average molecular weight is 317 g/mol. The van der Waals surface area contributed by atoms with E-state index >= 15 is 0 Å². The molecule has 0 bridgehead atoms. The Kier molecular flexibility index (Phi) is 5.29. The van der Waals surface area contributed by atoms with E-state index in [0.717, 1.165) is 16.3 Å². The van der Waals surface area contributed by atoms with Crippen LogP contribution in [-0.2, 0) is 0 Å². The Morgan fingerprint density at radius 1 is 1.14 bits per heavy atom. The SMILES string of the molecule is CC(C)c1ccc(C(=O)NC(C)c2csc(C(C)C)n2)nc1. The largest absolute Gasteiger partial charge is 0.343 e. The molecular formula is C17H23N3OS. The summed E-state index contributed by atoms with van der Waals surface area (Å²) in [4.78, 5) is 21.1. The summed E-state index contributed by atoms with van der Waals surface area (Å²) in [6, 6.07) is 3.61. The lowest BCUT2D eigenvalue weighted by molar-refractivity contribution is 0.0934. The van der Waals surface area contributed by atoms with Gasteiger partial charge in [0.15, 0.2) is 0 Å². The van der Waals surface area contributed by atoms with Crippen molar-refractivity contribution in [1.29, 1.82) is 0 Å². The summed E-state index contributed by atoms with van der Waals surface area (Å²) in [5, 5.41) is 6.06. The minimum Gasteiger partial charge on any atom is -0.343 e. The molecule has 118 valence electrons. The molecule has 1 N–H and O–H groups in total. The van der Waals surface area contributed by atoms with Crippen molar-refractivity contribution in [1.82, 2.24) is 15.3 Å². The first kappa shape index (κ1) is 16.6. The standard InChI is InChI=1S/C17H23N3OS/c1-10(2)13-6-7-14(18-8-13)16(21)19-12(5)15-9-22-17(20-15)11(3)4/h6-12H,1-5H3,(H,19,21). The zero-order valence-corrected chi connectivity index (χ0v) is 14.6. The molecule has 0 fully saturated rings. The first-order valence-electron chi connectivity index (χ1n) is 7.60. The summed E-state index contributed by atoms with van der Waals surface area (Å²) in [6.07, 6.45) is 1.77. The molecule has 0 saturated carbocycles. The summed E-state index contributed by atoms with van der Waals surface area (Å²) in [5.74, 6) is 0.654. The Balaban J connectivity index is 2.03. The molecule has 22 heavy (non-hydrogen) atoms. The summed E-state index contributed by atoms with van der Waals surface area (Å²) < 4.78 is 0. The number of carbonyl (C=O) groups excluding carboxylic acids is 1. The fourth-order valence-corrected chi connectivity index (χ4v) is 2.92. The van der Waals surface area contributed by atoms with Crippen molar-refractivity contribution in [2.45, 2.75) is 52.5 Å². The highest BCUT2D eigenvalue weighted by Crippen LogP contribution is 2.23. The van der Waals surface area contributed by atoms with E-state index in [9.17, 15) is 4.79 Å². The first-order chi connectivity index (χ1) is 10.4. The Morgan fingerprint density at radius 3 is 2.36 bits per heavy atom. The van der Waals surface area contributed by atoms with E-state index < -0.39 is 0 Å². The number of pyridine rings is 1. The maximum Gasteiger partial charge on any atom is 0.270 e. The molecule has 2 rings (SSSR count). The zero-order valence-electron chi connectivity index (χ0n) is 13.8. The molecule has 0 radical (unpaired) electrons. The second kappa shape index (κ2) is 7.01. The Morgan fingerprint density at radius 2 is 1.86 bits per heavy atom. The molecule has 1 amide bonds. The van der Waals surface area contributed by atoms with E-state index in [0.29, 0.717) is 17.5 Å². The van der Waals surface area contributed by atoms with Crippen LogP contribution in [0.15, 0.2) is 23.7 Å². The minimum atomic E-state index is -0.165. The van der Waals surface area contributed by atoms with Crippen LogP contribution in [0, 0.1) is 0 Å². The second-order valence-electron chi connectivity index (χ2n) is 6.09. The number of aromatic nitrogens is 2. The molecule has 2 aromatic heterocycles. The van der Waals surface area contributed by atoms with Gasteiger partial charge >= 0.3 is 0 Å². The van der Waals surface area contributed by atoms with Gasteiger partial charge in [-0.05, 0) is 24.5 Å². The number of hydrogen-bond donors (Lipinski definition) is 1. The van der Waals surface area contributed by atoms with Crippen LogP contribution < -0.4 is 5.32 Å². The molecule has 0 aliphatic heterocycles. The second-order valence-corrected chi connectivity index (χ2v) is 6.98. The Hall–Kier alpha value is -1.75. The van der Waals surface area contributed by atoms with Gasteiger partial charge in [-0.3, -0.25) is 9.78 Å². The monoisotopic (exact) mass is 317 g/mol. The van der Waals surface area contributed by atoms with Crippen LogP contribution in [0.5, 0.6) is 0 Å². The molecule has 0 aliphatic rings. The third kappa shape index (κ3) is 3.91. The highest BCUT2D eigenvalue weighted by Gasteiger charge is 2.16. The van der Waals surface area contributed by atoms with Crippen LogP contribution in [0.25, 0.3) is 0 Å².